The van der Waals surface area contributed by atoms with Crippen LogP contribution >= 0.6 is 0 Å². The van der Waals surface area contributed by atoms with Gasteiger partial charge in [-0.15, -0.1) is 0 Å². The lowest BCUT2D eigenvalue weighted by atomic mass is 10.1. The Labute approximate surface area is 130 Å². The number of rotatable bonds is 5. The van der Waals surface area contributed by atoms with Gasteiger partial charge in [-0.1, -0.05) is 0 Å². The van der Waals surface area contributed by atoms with E-state index >= 15 is 0 Å². The lowest BCUT2D eigenvalue weighted by Gasteiger charge is -2.13. The molecular weight excluding hydrogens is 332 g/mol. The predicted octanol–water partition coefficient (Wildman–Crippen LogP) is 1.88. The van der Waals surface area contributed by atoms with Gasteiger partial charge in [0.05, 0.1) is 18.1 Å². The molecule has 2 heterocycles. The number of hydrogen-bond acceptors (Lipinski definition) is 5. The maximum absolute atomic E-state index is 12.3. The minimum absolute atomic E-state index is 0.0902. The third kappa shape index (κ3) is 3.42. The Morgan fingerprint density at radius 3 is 2.74 bits per heavy atom. The molecule has 1 aliphatic rings. The maximum Gasteiger partial charge on any atom is 0.387 e. The van der Waals surface area contributed by atoms with Gasteiger partial charge >= 0.3 is 6.61 Å². The third-order valence-corrected chi connectivity index (χ3v) is 4.64. The molecule has 7 nitrogen and oxygen atoms in total. The number of nitrogens with zero attached hydrogens (tertiary/aromatic N) is 1. The quantitative estimate of drug-likeness (QED) is 0.863. The van der Waals surface area contributed by atoms with Crippen molar-refractivity contribution in [3.05, 3.63) is 35.5 Å². The predicted molar refractivity (Wildman–Crippen MR) is 75.8 cm³/mol. The first kappa shape index (κ1) is 15.7. The van der Waals surface area contributed by atoms with Gasteiger partial charge in [-0.3, -0.25) is 9.82 Å². The smallest absolute Gasteiger partial charge is 0.387 e. The summed E-state index contributed by atoms with van der Waals surface area (Å²) in [5, 5.41) is 6.72. The van der Waals surface area contributed by atoms with E-state index in [9.17, 15) is 17.2 Å². The van der Waals surface area contributed by atoms with Gasteiger partial charge in [0.15, 0.2) is 5.82 Å². The number of nitrogens with one attached hydrogen (secondary N) is 2. The molecule has 2 aromatic rings. The maximum atomic E-state index is 12.3. The van der Waals surface area contributed by atoms with E-state index in [1.807, 2.05) is 0 Å². The summed E-state index contributed by atoms with van der Waals surface area (Å²) in [6.07, 6.45) is 0.629. The summed E-state index contributed by atoms with van der Waals surface area (Å²) in [4.78, 5) is -0.0902. The Hall–Kier alpha value is -2.20. The number of anilines is 1. The molecule has 0 amide bonds. The number of fused-ring (bicyclic) bond motifs is 1. The average Bonchev–Trinajstić information content (AvgIpc) is 2.90. The molecule has 0 saturated carbocycles. The van der Waals surface area contributed by atoms with Gasteiger partial charge < -0.3 is 9.47 Å². The highest BCUT2D eigenvalue weighted by molar-refractivity contribution is 7.92. The van der Waals surface area contributed by atoms with Crippen LogP contribution in [0.3, 0.4) is 0 Å². The first-order chi connectivity index (χ1) is 11.0. The third-order valence-electron chi connectivity index (χ3n) is 3.29. The molecule has 23 heavy (non-hydrogen) atoms. The van der Waals surface area contributed by atoms with Crippen LogP contribution in [0.2, 0.25) is 0 Å². The standard InChI is InChI=1S/C13H13F2N3O4S/c14-13(15)22-8-1-3-9(4-2-8)23(19,20)18-12-10-7-21-6-5-11(10)16-17-12/h1-4,13H,5-7H2,(H2,16,17,18). The van der Waals surface area contributed by atoms with Gasteiger partial charge in [0.1, 0.15) is 5.75 Å². The van der Waals surface area contributed by atoms with Crippen LogP contribution in [0.4, 0.5) is 14.6 Å². The van der Waals surface area contributed by atoms with Crippen molar-refractivity contribution in [3.63, 3.8) is 0 Å². The van der Waals surface area contributed by atoms with Crippen molar-refractivity contribution in [2.75, 3.05) is 11.3 Å². The number of H-pyrrole nitrogens is 1. The highest BCUT2D eigenvalue weighted by Gasteiger charge is 2.22. The van der Waals surface area contributed by atoms with Crippen molar-refractivity contribution >= 4 is 15.8 Å². The van der Waals surface area contributed by atoms with Crippen molar-refractivity contribution < 1.29 is 26.7 Å². The van der Waals surface area contributed by atoms with Crippen LogP contribution in [0.1, 0.15) is 11.3 Å². The number of alkyl halides is 2. The lowest BCUT2D eigenvalue weighted by molar-refractivity contribution is -0.0498. The molecule has 1 aromatic heterocycles. The minimum Gasteiger partial charge on any atom is -0.435 e. The van der Waals surface area contributed by atoms with Crippen LogP contribution in [0.5, 0.6) is 5.75 Å². The summed E-state index contributed by atoms with van der Waals surface area (Å²) >= 11 is 0. The minimum atomic E-state index is -3.89. The Morgan fingerprint density at radius 2 is 2.04 bits per heavy atom. The van der Waals surface area contributed by atoms with Crippen molar-refractivity contribution in [2.45, 2.75) is 24.5 Å². The molecule has 0 saturated heterocycles. The molecule has 0 atom stereocenters. The van der Waals surface area contributed by atoms with Crippen LogP contribution in [0.15, 0.2) is 29.2 Å². The second kappa shape index (κ2) is 6.13. The summed E-state index contributed by atoms with van der Waals surface area (Å²) in [5.41, 5.74) is 1.49. The van der Waals surface area contributed by atoms with Crippen molar-refractivity contribution in [2.24, 2.45) is 0 Å². The summed E-state index contributed by atoms with van der Waals surface area (Å²) in [7, 11) is -3.89. The van der Waals surface area contributed by atoms with Crippen LogP contribution in [-0.4, -0.2) is 31.8 Å². The van der Waals surface area contributed by atoms with Gasteiger partial charge in [-0.25, -0.2) is 8.42 Å². The summed E-state index contributed by atoms with van der Waals surface area (Å²) in [6.45, 7) is -2.15. The van der Waals surface area contributed by atoms with E-state index < -0.39 is 16.6 Å². The molecule has 0 bridgehead atoms. The van der Waals surface area contributed by atoms with Gasteiger partial charge in [0, 0.05) is 17.7 Å². The zero-order valence-corrected chi connectivity index (χ0v) is 12.6. The van der Waals surface area contributed by atoms with Crippen molar-refractivity contribution in [1.82, 2.24) is 10.2 Å². The van der Waals surface area contributed by atoms with E-state index in [2.05, 4.69) is 19.7 Å². The second-order valence-electron chi connectivity index (χ2n) is 4.79. The molecule has 3 rings (SSSR count). The molecule has 0 spiro atoms. The zero-order valence-electron chi connectivity index (χ0n) is 11.8. The number of hydrogen-bond donors (Lipinski definition) is 2. The first-order valence-corrected chi connectivity index (χ1v) is 8.15. The number of sulfonamides is 1. The number of benzene rings is 1. The number of ether oxygens (including phenoxy) is 2. The zero-order chi connectivity index (χ0) is 16.4. The first-order valence-electron chi connectivity index (χ1n) is 6.67. The van der Waals surface area contributed by atoms with Gasteiger partial charge in [0.2, 0.25) is 0 Å². The molecule has 10 heteroatoms. The number of aromatic amines is 1. The largest absolute Gasteiger partial charge is 0.435 e. The van der Waals surface area contributed by atoms with E-state index in [1.165, 1.54) is 12.1 Å². The summed E-state index contributed by atoms with van der Waals surface area (Å²) in [6, 6.07) is 4.67. The SMILES string of the molecule is O=S(=O)(Nc1n[nH]c2c1COCC2)c1ccc(OC(F)F)cc1. The highest BCUT2D eigenvalue weighted by atomic mass is 32.2. The van der Waals surface area contributed by atoms with Crippen molar-refractivity contribution in [1.29, 1.82) is 0 Å². The molecular formula is C13H13F2N3O4S. The Morgan fingerprint density at radius 1 is 1.30 bits per heavy atom. The number of halogens is 2. The Bertz CT molecular complexity index is 790. The fourth-order valence-corrected chi connectivity index (χ4v) is 3.22. The normalized spacial score (nSPS) is 14.6. The molecule has 0 unspecified atom stereocenters. The fourth-order valence-electron chi connectivity index (χ4n) is 2.18. The van der Waals surface area contributed by atoms with Crippen LogP contribution in [-0.2, 0) is 27.8 Å². The van der Waals surface area contributed by atoms with Gasteiger partial charge in [-0.2, -0.15) is 13.9 Å². The Balaban J connectivity index is 1.80. The van der Waals surface area contributed by atoms with Crippen LogP contribution in [0.25, 0.3) is 0 Å². The summed E-state index contributed by atoms with van der Waals surface area (Å²) in [5.74, 6) is 0.0529. The lowest BCUT2D eigenvalue weighted by Crippen LogP contribution is -2.16. The molecule has 0 aliphatic carbocycles. The molecule has 1 aliphatic heterocycles. The van der Waals surface area contributed by atoms with E-state index in [1.54, 1.807) is 0 Å². The molecule has 2 N–H and O–H groups in total. The van der Waals surface area contributed by atoms with E-state index in [-0.39, 0.29) is 23.1 Å². The Kier molecular flexibility index (Phi) is 4.18. The number of aromatic nitrogens is 2. The van der Waals surface area contributed by atoms with E-state index in [0.717, 1.165) is 17.8 Å². The van der Waals surface area contributed by atoms with Crippen LogP contribution in [0, 0.1) is 0 Å². The summed E-state index contributed by atoms with van der Waals surface area (Å²) < 4.78 is 60.7. The van der Waals surface area contributed by atoms with Gasteiger partial charge in [0.25, 0.3) is 10.0 Å². The van der Waals surface area contributed by atoms with Gasteiger partial charge in [-0.05, 0) is 24.3 Å². The fraction of sp³-hybridized carbons (Fsp3) is 0.308. The molecule has 124 valence electrons. The second-order valence-corrected chi connectivity index (χ2v) is 6.47. The average molecular weight is 345 g/mol. The van der Waals surface area contributed by atoms with E-state index in [0.29, 0.717) is 18.6 Å². The molecule has 0 radical (unpaired) electrons. The van der Waals surface area contributed by atoms with Crippen LogP contribution < -0.4 is 9.46 Å². The molecule has 1 aromatic carbocycles. The highest BCUT2D eigenvalue weighted by Crippen LogP contribution is 2.25. The van der Waals surface area contributed by atoms with Crippen molar-refractivity contribution in [3.8, 4) is 5.75 Å². The molecule has 0 fully saturated rings. The monoisotopic (exact) mass is 345 g/mol. The van der Waals surface area contributed by atoms with E-state index in [4.69, 9.17) is 4.74 Å². The topological polar surface area (TPSA) is 93.3 Å².